The fraction of sp³-hybridized carbons (Fsp3) is 0.250. The lowest BCUT2D eigenvalue weighted by Gasteiger charge is -2.09. The summed E-state index contributed by atoms with van der Waals surface area (Å²) in [5, 5.41) is 6.07. The first-order chi connectivity index (χ1) is 12.6. The molecule has 0 saturated heterocycles. The van der Waals surface area contributed by atoms with Gasteiger partial charge in [-0.2, -0.15) is 0 Å². The zero-order valence-corrected chi connectivity index (χ0v) is 14.9. The van der Waals surface area contributed by atoms with Crippen LogP contribution >= 0.6 is 0 Å². The van der Waals surface area contributed by atoms with Crippen LogP contribution in [0.2, 0.25) is 0 Å². The molecule has 0 fully saturated rings. The minimum Gasteiger partial charge on any atom is -0.444 e. The van der Waals surface area contributed by atoms with E-state index in [0.29, 0.717) is 30.5 Å². The molecule has 2 N–H and O–H groups in total. The van der Waals surface area contributed by atoms with Crippen molar-refractivity contribution in [3.05, 3.63) is 66.2 Å². The average molecular weight is 350 g/mol. The number of hydrogen-bond acceptors (Lipinski definition) is 5. The Kier molecular flexibility index (Phi) is 5.63. The fourth-order valence-electron chi connectivity index (χ4n) is 2.45. The SMILES string of the molecule is CC(C)Nc1ccc(C(=O)NCCc2coc(-c3ccccc3)n2)cn1. The Morgan fingerprint density at radius 1 is 1.15 bits per heavy atom. The lowest BCUT2D eigenvalue weighted by Crippen LogP contribution is -2.26. The highest BCUT2D eigenvalue weighted by Gasteiger charge is 2.09. The van der Waals surface area contributed by atoms with Crippen LogP contribution in [0.3, 0.4) is 0 Å². The average Bonchev–Trinajstić information content (AvgIpc) is 3.11. The maximum atomic E-state index is 12.2. The molecule has 134 valence electrons. The van der Waals surface area contributed by atoms with E-state index in [9.17, 15) is 4.79 Å². The number of rotatable bonds is 7. The van der Waals surface area contributed by atoms with Crippen molar-refractivity contribution < 1.29 is 9.21 Å². The highest BCUT2D eigenvalue weighted by molar-refractivity contribution is 5.94. The molecule has 3 aromatic rings. The van der Waals surface area contributed by atoms with E-state index in [1.807, 2.05) is 44.2 Å². The molecule has 26 heavy (non-hydrogen) atoms. The van der Waals surface area contributed by atoms with Crippen molar-refractivity contribution in [2.24, 2.45) is 0 Å². The van der Waals surface area contributed by atoms with Crippen molar-refractivity contribution in [3.63, 3.8) is 0 Å². The van der Waals surface area contributed by atoms with Gasteiger partial charge in [0.05, 0.1) is 11.3 Å². The summed E-state index contributed by atoms with van der Waals surface area (Å²) in [4.78, 5) is 20.9. The summed E-state index contributed by atoms with van der Waals surface area (Å²) in [7, 11) is 0. The topological polar surface area (TPSA) is 80.0 Å². The molecule has 0 bridgehead atoms. The summed E-state index contributed by atoms with van der Waals surface area (Å²) in [6, 6.07) is 13.6. The van der Waals surface area contributed by atoms with Crippen molar-refractivity contribution in [1.29, 1.82) is 0 Å². The number of carbonyl (C=O) groups is 1. The van der Waals surface area contributed by atoms with Crippen LogP contribution < -0.4 is 10.6 Å². The molecular weight excluding hydrogens is 328 g/mol. The van der Waals surface area contributed by atoms with Gasteiger partial charge in [0.2, 0.25) is 5.89 Å². The quantitative estimate of drug-likeness (QED) is 0.681. The Labute approximate surface area is 152 Å². The van der Waals surface area contributed by atoms with Crippen LogP contribution in [0.5, 0.6) is 0 Å². The predicted molar refractivity (Wildman–Crippen MR) is 101 cm³/mol. The van der Waals surface area contributed by atoms with Crippen molar-refractivity contribution >= 4 is 11.7 Å². The Morgan fingerprint density at radius 3 is 2.65 bits per heavy atom. The van der Waals surface area contributed by atoms with Crippen molar-refractivity contribution in [2.45, 2.75) is 26.3 Å². The lowest BCUT2D eigenvalue weighted by molar-refractivity contribution is 0.0953. The first-order valence-electron chi connectivity index (χ1n) is 8.62. The molecule has 6 nitrogen and oxygen atoms in total. The van der Waals surface area contributed by atoms with Gasteiger partial charge in [-0.3, -0.25) is 4.79 Å². The molecule has 0 aliphatic rings. The molecule has 0 unspecified atom stereocenters. The van der Waals surface area contributed by atoms with E-state index < -0.39 is 0 Å². The van der Waals surface area contributed by atoms with Crippen molar-refractivity contribution in [1.82, 2.24) is 15.3 Å². The number of aromatic nitrogens is 2. The van der Waals surface area contributed by atoms with Crippen LogP contribution in [-0.4, -0.2) is 28.5 Å². The number of nitrogens with zero attached hydrogens (tertiary/aromatic N) is 2. The highest BCUT2D eigenvalue weighted by atomic mass is 16.3. The molecule has 2 aromatic heterocycles. The number of amides is 1. The highest BCUT2D eigenvalue weighted by Crippen LogP contribution is 2.17. The van der Waals surface area contributed by atoms with Gasteiger partial charge in [0, 0.05) is 30.8 Å². The van der Waals surface area contributed by atoms with Gasteiger partial charge in [-0.1, -0.05) is 18.2 Å². The summed E-state index contributed by atoms with van der Waals surface area (Å²) in [5.74, 6) is 1.19. The summed E-state index contributed by atoms with van der Waals surface area (Å²) in [6.45, 7) is 4.55. The number of nitrogens with one attached hydrogen (secondary N) is 2. The third-order valence-electron chi connectivity index (χ3n) is 3.70. The molecule has 0 saturated carbocycles. The van der Waals surface area contributed by atoms with Gasteiger partial charge in [0.25, 0.3) is 5.91 Å². The van der Waals surface area contributed by atoms with Crippen LogP contribution in [0.4, 0.5) is 5.82 Å². The van der Waals surface area contributed by atoms with E-state index in [-0.39, 0.29) is 5.91 Å². The molecule has 0 aliphatic heterocycles. The van der Waals surface area contributed by atoms with Crippen LogP contribution in [0.15, 0.2) is 59.3 Å². The number of oxazole rings is 1. The minimum absolute atomic E-state index is 0.152. The summed E-state index contributed by atoms with van der Waals surface area (Å²) >= 11 is 0. The largest absolute Gasteiger partial charge is 0.444 e. The number of hydrogen-bond donors (Lipinski definition) is 2. The van der Waals surface area contributed by atoms with Gasteiger partial charge in [0.15, 0.2) is 0 Å². The van der Waals surface area contributed by atoms with Gasteiger partial charge in [0.1, 0.15) is 12.1 Å². The van der Waals surface area contributed by atoms with Gasteiger partial charge < -0.3 is 15.1 Å². The molecule has 0 spiro atoms. The number of carbonyl (C=O) groups excluding carboxylic acids is 1. The van der Waals surface area contributed by atoms with Gasteiger partial charge >= 0.3 is 0 Å². The number of pyridine rings is 1. The molecule has 1 aromatic carbocycles. The zero-order valence-electron chi connectivity index (χ0n) is 14.9. The monoisotopic (exact) mass is 350 g/mol. The molecule has 2 heterocycles. The second-order valence-corrected chi connectivity index (χ2v) is 6.25. The van der Waals surface area contributed by atoms with Gasteiger partial charge in [-0.15, -0.1) is 0 Å². The zero-order chi connectivity index (χ0) is 18.4. The predicted octanol–water partition coefficient (Wildman–Crippen LogP) is 3.53. The lowest BCUT2D eigenvalue weighted by atomic mass is 10.2. The second-order valence-electron chi connectivity index (χ2n) is 6.25. The van der Waals surface area contributed by atoms with Crippen LogP contribution in [0.25, 0.3) is 11.5 Å². The van der Waals surface area contributed by atoms with Crippen LogP contribution in [0.1, 0.15) is 29.9 Å². The number of anilines is 1. The smallest absolute Gasteiger partial charge is 0.252 e. The molecule has 0 radical (unpaired) electrons. The molecule has 3 rings (SSSR count). The van der Waals surface area contributed by atoms with Gasteiger partial charge in [-0.25, -0.2) is 9.97 Å². The Hall–Kier alpha value is -3.15. The third kappa shape index (κ3) is 4.69. The van der Waals surface area contributed by atoms with Crippen LogP contribution in [0, 0.1) is 0 Å². The maximum Gasteiger partial charge on any atom is 0.252 e. The first kappa shape index (κ1) is 17.7. The summed E-state index contributed by atoms with van der Waals surface area (Å²) in [5.41, 5.74) is 2.27. The molecular formula is C20H22N4O2. The summed E-state index contributed by atoms with van der Waals surface area (Å²) < 4.78 is 5.50. The maximum absolute atomic E-state index is 12.2. The molecule has 0 aliphatic carbocycles. The first-order valence-corrected chi connectivity index (χ1v) is 8.62. The molecule has 1 amide bonds. The molecule has 0 atom stereocenters. The second kappa shape index (κ2) is 8.29. The Morgan fingerprint density at radius 2 is 1.96 bits per heavy atom. The van der Waals surface area contributed by atoms with E-state index in [4.69, 9.17) is 4.42 Å². The van der Waals surface area contributed by atoms with Gasteiger partial charge in [-0.05, 0) is 38.1 Å². The van der Waals surface area contributed by atoms with Crippen molar-refractivity contribution in [2.75, 3.05) is 11.9 Å². The van der Waals surface area contributed by atoms with E-state index in [0.717, 1.165) is 17.1 Å². The Bertz CT molecular complexity index is 842. The fourth-order valence-corrected chi connectivity index (χ4v) is 2.45. The molecule has 6 heteroatoms. The Balaban J connectivity index is 1.50. The normalized spacial score (nSPS) is 10.7. The van der Waals surface area contributed by atoms with Crippen LogP contribution in [-0.2, 0) is 6.42 Å². The standard InChI is InChI=1S/C20H22N4O2/c1-14(2)23-18-9-8-16(12-22-18)19(25)21-11-10-17-13-26-20(24-17)15-6-4-3-5-7-15/h3-9,12-14H,10-11H2,1-2H3,(H,21,25)(H,22,23). The number of benzene rings is 1. The van der Waals surface area contributed by atoms with E-state index in [2.05, 4.69) is 20.6 Å². The van der Waals surface area contributed by atoms with E-state index >= 15 is 0 Å². The van der Waals surface area contributed by atoms with E-state index in [1.165, 1.54) is 0 Å². The summed E-state index contributed by atoms with van der Waals surface area (Å²) in [6.07, 6.45) is 3.80. The van der Waals surface area contributed by atoms with Crippen molar-refractivity contribution in [3.8, 4) is 11.5 Å². The minimum atomic E-state index is -0.152. The van der Waals surface area contributed by atoms with E-state index in [1.54, 1.807) is 24.6 Å². The third-order valence-corrected chi connectivity index (χ3v) is 3.70.